The number of benzene rings is 1. The van der Waals surface area contributed by atoms with Crippen LogP contribution in [0.15, 0.2) is 18.2 Å². The fraction of sp³-hybridized carbons (Fsp3) is 0.600. The summed E-state index contributed by atoms with van der Waals surface area (Å²) < 4.78 is 18.6. The smallest absolute Gasteiger partial charge is 0.165 e. The predicted molar refractivity (Wildman–Crippen MR) is 72.6 cm³/mol. The topological polar surface area (TPSA) is 32.7 Å². The van der Waals surface area contributed by atoms with Crippen molar-refractivity contribution in [3.05, 3.63) is 29.6 Å². The number of ether oxygens (including phenoxy) is 1. The summed E-state index contributed by atoms with van der Waals surface area (Å²) in [6, 6.07) is 5.24. The number of nitrogens with zero attached hydrogens (tertiary/aromatic N) is 1. The van der Waals surface area contributed by atoms with Crippen LogP contribution in [0.4, 0.5) is 4.39 Å². The zero-order valence-electron chi connectivity index (χ0n) is 11.6. The van der Waals surface area contributed by atoms with Crippen LogP contribution in [0.5, 0.6) is 5.75 Å². The van der Waals surface area contributed by atoms with E-state index in [1.165, 1.54) is 13.2 Å². The molecule has 0 spiro atoms. The third-order valence-electron chi connectivity index (χ3n) is 4.02. The monoisotopic (exact) mass is 267 g/mol. The normalized spacial score (nSPS) is 24.4. The molecule has 1 aromatic rings. The van der Waals surface area contributed by atoms with E-state index in [-0.39, 0.29) is 24.2 Å². The largest absolute Gasteiger partial charge is 0.494 e. The first kappa shape index (κ1) is 14.3. The number of hydrogen-bond acceptors (Lipinski definition) is 3. The highest BCUT2D eigenvalue weighted by Gasteiger charge is 2.27. The minimum atomic E-state index is -0.328. The molecule has 0 bridgehead atoms. The number of aliphatic hydroxyl groups is 1. The molecule has 0 aliphatic carbocycles. The van der Waals surface area contributed by atoms with Crippen LogP contribution in [0.1, 0.15) is 25.3 Å². The van der Waals surface area contributed by atoms with Crippen molar-refractivity contribution in [2.75, 3.05) is 20.3 Å². The standard InChI is InChI=1S/C15H22FNO2/c1-11-4-3-7-17(14(11)10-18)9-12-5-6-15(19-2)13(16)8-12/h5-6,8,11,14,18H,3-4,7,9-10H2,1-2H3. The van der Waals surface area contributed by atoms with Gasteiger partial charge in [-0.25, -0.2) is 4.39 Å². The first-order chi connectivity index (χ1) is 9.15. The van der Waals surface area contributed by atoms with Gasteiger partial charge in [0, 0.05) is 12.6 Å². The second kappa shape index (κ2) is 6.35. The van der Waals surface area contributed by atoms with Crippen LogP contribution in [-0.2, 0) is 6.54 Å². The molecule has 4 heteroatoms. The molecule has 3 nitrogen and oxygen atoms in total. The molecule has 1 aliphatic heterocycles. The highest BCUT2D eigenvalue weighted by atomic mass is 19.1. The van der Waals surface area contributed by atoms with Gasteiger partial charge in [0.05, 0.1) is 13.7 Å². The van der Waals surface area contributed by atoms with Crippen LogP contribution in [0.25, 0.3) is 0 Å². The first-order valence-electron chi connectivity index (χ1n) is 6.83. The lowest BCUT2D eigenvalue weighted by Crippen LogP contribution is -2.45. The number of rotatable bonds is 4. The zero-order chi connectivity index (χ0) is 13.8. The van der Waals surface area contributed by atoms with E-state index in [0.717, 1.165) is 24.9 Å². The summed E-state index contributed by atoms with van der Waals surface area (Å²) in [5.74, 6) is 0.432. The fourth-order valence-electron chi connectivity index (χ4n) is 2.87. The third-order valence-corrected chi connectivity index (χ3v) is 4.02. The molecule has 0 saturated carbocycles. The van der Waals surface area contributed by atoms with Gasteiger partial charge in [0.2, 0.25) is 0 Å². The van der Waals surface area contributed by atoms with Crippen LogP contribution >= 0.6 is 0 Å². The van der Waals surface area contributed by atoms with Crippen molar-refractivity contribution < 1.29 is 14.2 Å². The lowest BCUT2D eigenvalue weighted by molar-refractivity contribution is 0.0472. The van der Waals surface area contributed by atoms with Gasteiger partial charge in [-0.15, -0.1) is 0 Å². The van der Waals surface area contributed by atoms with E-state index in [0.29, 0.717) is 12.5 Å². The Balaban J connectivity index is 2.09. The second-order valence-corrected chi connectivity index (χ2v) is 5.31. The Bertz CT molecular complexity index is 425. The van der Waals surface area contributed by atoms with E-state index >= 15 is 0 Å². The maximum atomic E-state index is 13.7. The molecular weight excluding hydrogens is 245 g/mol. The van der Waals surface area contributed by atoms with Gasteiger partial charge in [0.25, 0.3) is 0 Å². The van der Waals surface area contributed by atoms with Gasteiger partial charge in [-0.1, -0.05) is 13.0 Å². The maximum Gasteiger partial charge on any atom is 0.165 e. The van der Waals surface area contributed by atoms with Crippen molar-refractivity contribution in [1.29, 1.82) is 0 Å². The van der Waals surface area contributed by atoms with E-state index < -0.39 is 0 Å². The van der Waals surface area contributed by atoms with E-state index in [2.05, 4.69) is 11.8 Å². The highest BCUT2D eigenvalue weighted by Crippen LogP contribution is 2.26. The number of methoxy groups -OCH3 is 1. The van der Waals surface area contributed by atoms with Crippen molar-refractivity contribution in [3.63, 3.8) is 0 Å². The minimum Gasteiger partial charge on any atom is -0.494 e. The summed E-state index contributed by atoms with van der Waals surface area (Å²) in [6.45, 7) is 3.97. The predicted octanol–water partition coefficient (Wildman–Crippen LogP) is 2.43. The molecule has 0 radical (unpaired) electrons. The Morgan fingerprint density at radius 3 is 2.89 bits per heavy atom. The molecule has 0 amide bonds. The molecule has 2 unspecified atom stereocenters. The SMILES string of the molecule is COc1ccc(CN2CCCC(C)C2CO)cc1F. The van der Waals surface area contributed by atoms with Crippen LogP contribution in [0.3, 0.4) is 0 Å². The minimum absolute atomic E-state index is 0.166. The lowest BCUT2D eigenvalue weighted by atomic mass is 9.91. The number of hydrogen-bond donors (Lipinski definition) is 1. The summed E-state index contributed by atoms with van der Waals surface area (Å²) in [7, 11) is 1.46. The molecule has 1 saturated heterocycles. The summed E-state index contributed by atoms with van der Waals surface area (Å²) in [6.07, 6.45) is 2.29. The van der Waals surface area contributed by atoms with Crippen molar-refractivity contribution in [1.82, 2.24) is 4.90 Å². The molecule has 1 aliphatic rings. The molecule has 1 heterocycles. The average Bonchev–Trinajstić information content (AvgIpc) is 2.39. The van der Waals surface area contributed by atoms with Crippen LogP contribution in [-0.4, -0.2) is 36.3 Å². The summed E-state index contributed by atoms with van der Waals surface area (Å²) in [5.41, 5.74) is 0.922. The molecule has 1 fully saturated rings. The number of aliphatic hydroxyl groups excluding tert-OH is 1. The fourth-order valence-corrected chi connectivity index (χ4v) is 2.87. The maximum absolute atomic E-state index is 13.7. The van der Waals surface area contributed by atoms with Crippen molar-refractivity contribution in [2.24, 2.45) is 5.92 Å². The van der Waals surface area contributed by atoms with E-state index in [4.69, 9.17) is 4.74 Å². The number of likely N-dealkylation sites (tertiary alicyclic amines) is 1. The summed E-state index contributed by atoms with van der Waals surface area (Å²) >= 11 is 0. The van der Waals surface area contributed by atoms with Gasteiger partial charge in [0.15, 0.2) is 11.6 Å². The van der Waals surface area contributed by atoms with Gasteiger partial charge < -0.3 is 9.84 Å². The van der Waals surface area contributed by atoms with Gasteiger partial charge in [-0.05, 0) is 43.0 Å². The van der Waals surface area contributed by atoms with Crippen molar-refractivity contribution in [3.8, 4) is 5.75 Å². The Kier molecular flexibility index (Phi) is 4.77. The number of halogens is 1. The van der Waals surface area contributed by atoms with Crippen LogP contribution in [0, 0.1) is 11.7 Å². The van der Waals surface area contributed by atoms with E-state index in [9.17, 15) is 9.50 Å². The van der Waals surface area contributed by atoms with Crippen LogP contribution in [0.2, 0.25) is 0 Å². The Hall–Kier alpha value is -1.13. The Morgan fingerprint density at radius 1 is 1.47 bits per heavy atom. The number of piperidine rings is 1. The molecule has 2 rings (SSSR count). The van der Waals surface area contributed by atoms with E-state index in [1.54, 1.807) is 6.07 Å². The molecule has 0 aromatic heterocycles. The molecule has 19 heavy (non-hydrogen) atoms. The van der Waals surface area contributed by atoms with E-state index in [1.807, 2.05) is 6.07 Å². The second-order valence-electron chi connectivity index (χ2n) is 5.31. The zero-order valence-corrected chi connectivity index (χ0v) is 11.6. The summed E-state index contributed by atoms with van der Waals surface area (Å²) in [4.78, 5) is 2.25. The third kappa shape index (κ3) is 3.25. The lowest BCUT2D eigenvalue weighted by Gasteiger charge is -2.39. The van der Waals surface area contributed by atoms with Crippen molar-refractivity contribution in [2.45, 2.75) is 32.4 Å². The Labute approximate surface area is 114 Å². The van der Waals surface area contributed by atoms with Gasteiger partial charge in [-0.2, -0.15) is 0 Å². The van der Waals surface area contributed by atoms with Gasteiger partial charge in [0.1, 0.15) is 0 Å². The quantitative estimate of drug-likeness (QED) is 0.909. The molecule has 1 N–H and O–H groups in total. The van der Waals surface area contributed by atoms with Gasteiger partial charge >= 0.3 is 0 Å². The molecule has 1 aromatic carbocycles. The van der Waals surface area contributed by atoms with Crippen LogP contribution < -0.4 is 4.74 Å². The highest BCUT2D eigenvalue weighted by molar-refractivity contribution is 5.29. The van der Waals surface area contributed by atoms with Gasteiger partial charge in [-0.3, -0.25) is 4.90 Å². The summed E-state index contributed by atoms with van der Waals surface area (Å²) in [5, 5.41) is 9.51. The Morgan fingerprint density at radius 2 is 2.26 bits per heavy atom. The average molecular weight is 267 g/mol. The molecule has 106 valence electrons. The van der Waals surface area contributed by atoms with Crippen molar-refractivity contribution >= 4 is 0 Å². The first-order valence-corrected chi connectivity index (χ1v) is 6.83. The molecule has 2 atom stereocenters. The molecular formula is C15H22FNO2.